The summed E-state index contributed by atoms with van der Waals surface area (Å²) in [6, 6.07) is 14.4. The van der Waals surface area contributed by atoms with Gasteiger partial charge in [-0.05, 0) is 36.4 Å². The van der Waals surface area contributed by atoms with Crippen LogP contribution < -0.4 is 10.5 Å². The number of carbonyl (C=O) groups excluding carboxylic acids is 1. The van der Waals surface area contributed by atoms with Gasteiger partial charge in [0.15, 0.2) is 17.1 Å². The van der Waals surface area contributed by atoms with E-state index in [1.807, 2.05) is 24.3 Å². The number of anilines is 1. The number of hydrogen-bond acceptors (Lipinski definition) is 4. The van der Waals surface area contributed by atoms with E-state index >= 15 is 0 Å². The highest BCUT2D eigenvalue weighted by Gasteiger charge is 2.13. The fourth-order valence-electron chi connectivity index (χ4n) is 2.27. The van der Waals surface area contributed by atoms with Crippen LogP contribution in [-0.2, 0) is 6.42 Å². The molecule has 0 amide bonds. The maximum absolute atomic E-state index is 12.2. The molecular formula is C17H15NO3. The minimum absolute atomic E-state index is 0.00646. The molecule has 4 nitrogen and oxygen atoms in total. The quantitative estimate of drug-likeness (QED) is 0.587. The minimum atomic E-state index is -0.00646. The standard InChI is InChI=1S/C17H15NO3/c1-20-16-4-2-3-12-9-14(21-17(12)16)10-15(19)11-5-7-13(18)8-6-11/h2-9H,10,18H2,1H3. The number of methoxy groups -OCH3 is 1. The largest absolute Gasteiger partial charge is 0.493 e. The highest BCUT2D eigenvalue weighted by molar-refractivity contribution is 5.98. The SMILES string of the molecule is COc1cccc2cc(CC(=O)c3ccc(N)cc3)oc12. The number of hydrogen-bond donors (Lipinski definition) is 1. The second-order valence-corrected chi connectivity index (χ2v) is 4.81. The molecule has 2 N–H and O–H groups in total. The van der Waals surface area contributed by atoms with Crippen LogP contribution in [0.25, 0.3) is 11.0 Å². The van der Waals surface area contributed by atoms with Crippen molar-refractivity contribution in [2.75, 3.05) is 12.8 Å². The normalized spacial score (nSPS) is 10.7. The molecule has 0 saturated carbocycles. The highest BCUT2D eigenvalue weighted by atomic mass is 16.5. The average Bonchev–Trinajstić information content (AvgIpc) is 2.90. The number of fused-ring (bicyclic) bond motifs is 1. The van der Waals surface area contributed by atoms with Gasteiger partial charge in [0, 0.05) is 16.6 Å². The first-order valence-electron chi connectivity index (χ1n) is 6.61. The van der Waals surface area contributed by atoms with Crippen LogP contribution in [0, 0.1) is 0 Å². The molecule has 0 aliphatic rings. The average molecular weight is 281 g/mol. The van der Waals surface area contributed by atoms with Crippen LogP contribution in [0.5, 0.6) is 5.75 Å². The van der Waals surface area contributed by atoms with Crippen molar-refractivity contribution < 1.29 is 13.9 Å². The van der Waals surface area contributed by atoms with Gasteiger partial charge in [0.25, 0.3) is 0 Å². The fraction of sp³-hybridized carbons (Fsp3) is 0.118. The molecule has 0 unspecified atom stereocenters. The Kier molecular flexibility index (Phi) is 3.36. The van der Waals surface area contributed by atoms with E-state index in [1.54, 1.807) is 31.4 Å². The molecule has 21 heavy (non-hydrogen) atoms. The third-order valence-corrected chi connectivity index (χ3v) is 3.35. The molecule has 0 aliphatic carbocycles. The van der Waals surface area contributed by atoms with Gasteiger partial charge in [-0.15, -0.1) is 0 Å². The predicted octanol–water partition coefficient (Wildman–Crippen LogP) is 3.45. The molecule has 106 valence electrons. The maximum atomic E-state index is 12.2. The van der Waals surface area contributed by atoms with E-state index in [0.29, 0.717) is 28.3 Å². The zero-order chi connectivity index (χ0) is 14.8. The number of para-hydroxylation sites is 1. The summed E-state index contributed by atoms with van der Waals surface area (Å²) in [5.41, 5.74) is 7.55. The van der Waals surface area contributed by atoms with Crippen LogP contribution in [0.4, 0.5) is 5.69 Å². The Morgan fingerprint density at radius 2 is 1.95 bits per heavy atom. The molecule has 1 aromatic heterocycles. The third kappa shape index (κ3) is 2.60. The van der Waals surface area contributed by atoms with Crippen molar-refractivity contribution in [2.24, 2.45) is 0 Å². The Labute approximate surface area is 122 Å². The van der Waals surface area contributed by atoms with Gasteiger partial charge >= 0.3 is 0 Å². The minimum Gasteiger partial charge on any atom is -0.493 e. The molecule has 2 aromatic carbocycles. The van der Waals surface area contributed by atoms with Crippen molar-refractivity contribution in [3.63, 3.8) is 0 Å². The monoisotopic (exact) mass is 281 g/mol. The van der Waals surface area contributed by atoms with Gasteiger partial charge < -0.3 is 14.9 Å². The van der Waals surface area contributed by atoms with Crippen LogP contribution in [0.2, 0.25) is 0 Å². The Morgan fingerprint density at radius 1 is 1.19 bits per heavy atom. The van der Waals surface area contributed by atoms with Crippen LogP contribution in [0.1, 0.15) is 16.1 Å². The number of rotatable bonds is 4. The number of nitrogens with two attached hydrogens (primary N) is 1. The smallest absolute Gasteiger partial charge is 0.176 e. The first-order chi connectivity index (χ1) is 10.2. The van der Waals surface area contributed by atoms with E-state index in [2.05, 4.69) is 0 Å². The van der Waals surface area contributed by atoms with Crippen LogP contribution in [0.3, 0.4) is 0 Å². The van der Waals surface area contributed by atoms with Gasteiger partial charge in [0.05, 0.1) is 13.5 Å². The van der Waals surface area contributed by atoms with Gasteiger partial charge in [0.1, 0.15) is 5.76 Å². The van der Waals surface area contributed by atoms with Crippen molar-refractivity contribution in [2.45, 2.75) is 6.42 Å². The van der Waals surface area contributed by atoms with Crippen LogP contribution in [0.15, 0.2) is 52.9 Å². The summed E-state index contributed by atoms with van der Waals surface area (Å²) in [5, 5.41) is 0.925. The van der Waals surface area contributed by atoms with E-state index in [1.165, 1.54) is 0 Å². The summed E-state index contributed by atoms with van der Waals surface area (Å²) in [5.74, 6) is 1.28. The van der Waals surface area contributed by atoms with Gasteiger partial charge in [-0.25, -0.2) is 0 Å². The van der Waals surface area contributed by atoms with Crippen molar-refractivity contribution >= 4 is 22.4 Å². The Hall–Kier alpha value is -2.75. The zero-order valence-electron chi connectivity index (χ0n) is 11.6. The van der Waals surface area contributed by atoms with Gasteiger partial charge in [-0.2, -0.15) is 0 Å². The molecule has 0 spiro atoms. The molecule has 4 heteroatoms. The summed E-state index contributed by atoms with van der Waals surface area (Å²) in [6.45, 7) is 0. The van der Waals surface area contributed by atoms with Gasteiger partial charge in [0.2, 0.25) is 0 Å². The number of Topliss-reactive ketones (excluding diaryl/α,β-unsaturated/α-hetero) is 1. The van der Waals surface area contributed by atoms with E-state index in [0.717, 1.165) is 5.39 Å². The summed E-state index contributed by atoms with van der Waals surface area (Å²) in [6.07, 6.45) is 0.210. The summed E-state index contributed by atoms with van der Waals surface area (Å²) in [7, 11) is 1.59. The molecular weight excluding hydrogens is 266 g/mol. The number of nitrogen functional groups attached to an aromatic ring is 1. The number of furan rings is 1. The van der Waals surface area contributed by atoms with E-state index in [-0.39, 0.29) is 12.2 Å². The van der Waals surface area contributed by atoms with Crippen molar-refractivity contribution in [3.05, 3.63) is 59.9 Å². The molecule has 0 saturated heterocycles. The van der Waals surface area contributed by atoms with Crippen molar-refractivity contribution in [1.82, 2.24) is 0 Å². The first-order valence-corrected chi connectivity index (χ1v) is 6.61. The van der Waals surface area contributed by atoms with Crippen molar-refractivity contribution in [3.8, 4) is 5.75 Å². The lowest BCUT2D eigenvalue weighted by Gasteiger charge is -2.00. The Morgan fingerprint density at radius 3 is 2.67 bits per heavy atom. The lowest BCUT2D eigenvalue weighted by atomic mass is 10.1. The fourth-order valence-corrected chi connectivity index (χ4v) is 2.27. The molecule has 3 rings (SSSR count). The van der Waals surface area contributed by atoms with E-state index < -0.39 is 0 Å². The highest BCUT2D eigenvalue weighted by Crippen LogP contribution is 2.29. The molecule has 1 heterocycles. The molecule has 0 atom stereocenters. The lowest BCUT2D eigenvalue weighted by molar-refractivity contribution is 0.0987. The van der Waals surface area contributed by atoms with E-state index in [9.17, 15) is 4.79 Å². The Balaban J connectivity index is 1.88. The van der Waals surface area contributed by atoms with Gasteiger partial charge in [-0.1, -0.05) is 12.1 Å². The summed E-state index contributed by atoms with van der Waals surface area (Å²) < 4.78 is 11.0. The maximum Gasteiger partial charge on any atom is 0.176 e. The predicted molar refractivity (Wildman–Crippen MR) is 81.7 cm³/mol. The van der Waals surface area contributed by atoms with E-state index in [4.69, 9.17) is 14.9 Å². The summed E-state index contributed by atoms with van der Waals surface area (Å²) >= 11 is 0. The van der Waals surface area contributed by atoms with Crippen LogP contribution >= 0.6 is 0 Å². The second kappa shape index (κ2) is 5.32. The second-order valence-electron chi connectivity index (χ2n) is 4.81. The third-order valence-electron chi connectivity index (χ3n) is 3.35. The molecule has 0 radical (unpaired) electrons. The molecule has 0 fully saturated rings. The topological polar surface area (TPSA) is 65.5 Å². The first kappa shape index (κ1) is 13.2. The molecule has 0 aliphatic heterocycles. The molecule has 3 aromatic rings. The molecule has 0 bridgehead atoms. The number of ether oxygens (including phenoxy) is 1. The number of benzene rings is 2. The summed E-state index contributed by atoms with van der Waals surface area (Å²) in [4.78, 5) is 12.2. The Bertz CT molecular complexity index is 787. The van der Waals surface area contributed by atoms with Gasteiger partial charge in [-0.3, -0.25) is 4.79 Å². The van der Waals surface area contributed by atoms with Crippen molar-refractivity contribution in [1.29, 1.82) is 0 Å². The zero-order valence-corrected chi connectivity index (χ0v) is 11.6. The number of ketones is 1. The van der Waals surface area contributed by atoms with Crippen LogP contribution in [-0.4, -0.2) is 12.9 Å². The number of carbonyl (C=O) groups is 1. The lowest BCUT2D eigenvalue weighted by Crippen LogP contribution is -2.02.